The quantitative estimate of drug-likeness (QED) is 0.755. The summed E-state index contributed by atoms with van der Waals surface area (Å²) in [5.74, 6) is 0.216. The van der Waals surface area contributed by atoms with E-state index in [1.54, 1.807) is 5.51 Å². The summed E-state index contributed by atoms with van der Waals surface area (Å²) in [5.41, 5.74) is 2.12. The van der Waals surface area contributed by atoms with Gasteiger partial charge in [-0.2, -0.15) is 0 Å². The number of hydrogen-bond donors (Lipinski definition) is 0. The lowest BCUT2D eigenvalue weighted by molar-refractivity contribution is -0.0921. The number of carbonyl (C=O) groups is 1. The fourth-order valence-corrected chi connectivity index (χ4v) is 3.20. The van der Waals surface area contributed by atoms with Gasteiger partial charge in [-0.1, -0.05) is 0 Å². The molecule has 1 aromatic rings. The number of nitrogens with zero attached hydrogens (tertiary/aromatic N) is 1. The van der Waals surface area contributed by atoms with E-state index < -0.39 is 0 Å². The highest BCUT2D eigenvalue weighted by Gasteiger charge is 2.43. The Labute approximate surface area is 104 Å². The number of carbonyl (C=O) groups excluding carboxylic acids is 1. The number of rotatable bonds is 2. The van der Waals surface area contributed by atoms with E-state index in [0.29, 0.717) is 18.9 Å². The predicted molar refractivity (Wildman–Crippen MR) is 63.3 cm³/mol. The van der Waals surface area contributed by atoms with Crippen molar-refractivity contribution in [1.82, 2.24) is 4.98 Å². The van der Waals surface area contributed by atoms with Gasteiger partial charge in [-0.3, -0.25) is 4.79 Å². The molecule has 0 saturated carbocycles. The summed E-state index contributed by atoms with van der Waals surface area (Å²) in [6.07, 6.45) is 2.50. The molecule has 2 saturated heterocycles. The molecule has 2 fully saturated rings. The molecule has 0 N–H and O–H groups in total. The SMILES string of the molecule is O=C(c1cscn1)C1CCOC2(CCOC2)C1. The summed E-state index contributed by atoms with van der Waals surface area (Å²) in [6.45, 7) is 2.04. The molecular weight excluding hydrogens is 238 g/mol. The van der Waals surface area contributed by atoms with Crippen LogP contribution in [0.4, 0.5) is 0 Å². The molecule has 2 aliphatic rings. The zero-order valence-electron chi connectivity index (χ0n) is 9.55. The van der Waals surface area contributed by atoms with Crippen molar-refractivity contribution >= 4 is 17.1 Å². The van der Waals surface area contributed by atoms with E-state index in [1.165, 1.54) is 11.3 Å². The zero-order valence-corrected chi connectivity index (χ0v) is 10.4. The van der Waals surface area contributed by atoms with Crippen LogP contribution < -0.4 is 0 Å². The van der Waals surface area contributed by atoms with Gasteiger partial charge in [-0.15, -0.1) is 11.3 Å². The van der Waals surface area contributed by atoms with Crippen molar-refractivity contribution in [1.29, 1.82) is 0 Å². The Balaban J connectivity index is 1.73. The lowest BCUT2D eigenvalue weighted by Crippen LogP contribution is -2.42. The molecule has 0 aliphatic carbocycles. The third-order valence-electron chi connectivity index (χ3n) is 3.62. The second-order valence-corrected chi connectivity index (χ2v) is 5.48. The molecule has 3 rings (SSSR count). The molecule has 17 heavy (non-hydrogen) atoms. The van der Waals surface area contributed by atoms with Crippen molar-refractivity contribution in [3.63, 3.8) is 0 Å². The molecule has 0 amide bonds. The van der Waals surface area contributed by atoms with Gasteiger partial charge in [0.1, 0.15) is 5.69 Å². The molecule has 2 atom stereocenters. The minimum absolute atomic E-state index is 0.0487. The van der Waals surface area contributed by atoms with Crippen molar-refractivity contribution in [2.45, 2.75) is 24.9 Å². The molecule has 1 spiro atoms. The van der Waals surface area contributed by atoms with Gasteiger partial charge < -0.3 is 9.47 Å². The van der Waals surface area contributed by atoms with Crippen molar-refractivity contribution in [3.05, 3.63) is 16.6 Å². The fraction of sp³-hybridized carbons (Fsp3) is 0.667. The first-order valence-electron chi connectivity index (χ1n) is 5.93. The van der Waals surface area contributed by atoms with Gasteiger partial charge in [0.05, 0.1) is 17.7 Å². The summed E-state index contributed by atoms with van der Waals surface area (Å²) in [6, 6.07) is 0. The monoisotopic (exact) mass is 253 g/mol. The number of aromatic nitrogens is 1. The second kappa shape index (κ2) is 4.48. The molecule has 2 unspecified atom stereocenters. The predicted octanol–water partition coefficient (Wildman–Crippen LogP) is 1.91. The highest BCUT2D eigenvalue weighted by molar-refractivity contribution is 7.07. The van der Waals surface area contributed by atoms with E-state index in [4.69, 9.17) is 9.47 Å². The van der Waals surface area contributed by atoms with Gasteiger partial charge in [0, 0.05) is 30.9 Å². The maximum absolute atomic E-state index is 12.2. The smallest absolute Gasteiger partial charge is 0.185 e. The average Bonchev–Trinajstić information content (AvgIpc) is 3.00. The zero-order chi connectivity index (χ0) is 11.7. The van der Waals surface area contributed by atoms with Crippen LogP contribution in [0.5, 0.6) is 0 Å². The number of ether oxygens (including phenoxy) is 2. The third-order valence-corrected chi connectivity index (χ3v) is 4.20. The molecule has 2 aliphatic heterocycles. The van der Waals surface area contributed by atoms with Crippen LogP contribution in [-0.4, -0.2) is 36.2 Å². The minimum Gasteiger partial charge on any atom is -0.378 e. The number of Topliss-reactive ketones (excluding diaryl/α,β-unsaturated/α-hetero) is 1. The van der Waals surface area contributed by atoms with Crippen LogP contribution in [0.3, 0.4) is 0 Å². The maximum atomic E-state index is 12.2. The van der Waals surface area contributed by atoms with Gasteiger partial charge in [-0.05, 0) is 12.8 Å². The highest BCUT2D eigenvalue weighted by Crippen LogP contribution is 2.36. The van der Waals surface area contributed by atoms with E-state index in [-0.39, 0.29) is 17.3 Å². The largest absolute Gasteiger partial charge is 0.378 e. The average molecular weight is 253 g/mol. The summed E-state index contributed by atoms with van der Waals surface area (Å²) >= 11 is 1.47. The van der Waals surface area contributed by atoms with Crippen LogP contribution >= 0.6 is 11.3 Å². The summed E-state index contributed by atoms with van der Waals surface area (Å²) in [7, 11) is 0. The molecule has 0 bridgehead atoms. The lowest BCUT2D eigenvalue weighted by atomic mass is 9.82. The molecule has 0 radical (unpaired) electrons. The Bertz CT molecular complexity index is 398. The van der Waals surface area contributed by atoms with Gasteiger partial charge in [0.25, 0.3) is 0 Å². The highest BCUT2D eigenvalue weighted by atomic mass is 32.1. The fourth-order valence-electron chi connectivity index (χ4n) is 2.66. The van der Waals surface area contributed by atoms with E-state index >= 15 is 0 Å². The maximum Gasteiger partial charge on any atom is 0.185 e. The summed E-state index contributed by atoms with van der Waals surface area (Å²) in [4.78, 5) is 16.4. The first-order chi connectivity index (χ1) is 8.29. The Morgan fingerprint density at radius 2 is 2.47 bits per heavy atom. The molecule has 3 heterocycles. The standard InChI is InChI=1S/C12H15NO3S/c14-11(10-6-17-8-13-10)9-1-3-16-12(5-9)2-4-15-7-12/h6,8-9H,1-5,7H2. The molecule has 5 heteroatoms. The first kappa shape index (κ1) is 11.3. The van der Waals surface area contributed by atoms with Gasteiger partial charge in [-0.25, -0.2) is 4.98 Å². The van der Waals surface area contributed by atoms with Crippen LogP contribution in [0.1, 0.15) is 29.8 Å². The minimum atomic E-state index is -0.200. The van der Waals surface area contributed by atoms with Crippen molar-refractivity contribution < 1.29 is 14.3 Å². The Morgan fingerprint density at radius 3 is 3.18 bits per heavy atom. The molecule has 92 valence electrons. The van der Waals surface area contributed by atoms with Crippen molar-refractivity contribution in [3.8, 4) is 0 Å². The van der Waals surface area contributed by atoms with E-state index in [1.807, 2.05) is 5.38 Å². The normalized spacial score (nSPS) is 33.1. The first-order valence-corrected chi connectivity index (χ1v) is 6.87. The topological polar surface area (TPSA) is 48.4 Å². The molecule has 1 aromatic heterocycles. The van der Waals surface area contributed by atoms with Crippen molar-refractivity contribution in [2.24, 2.45) is 5.92 Å². The van der Waals surface area contributed by atoms with Crippen LogP contribution in [-0.2, 0) is 9.47 Å². The van der Waals surface area contributed by atoms with Crippen LogP contribution in [0, 0.1) is 5.92 Å². The van der Waals surface area contributed by atoms with Crippen LogP contribution in [0.2, 0.25) is 0 Å². The van der Waals surface area contributed by atoms with E-state index in [2.05, 4.69) is 4.98 Å². The Morgan fingerprint density at radius 1 is 1.53 bits per heavy atom. The summed E-state index contributed by atoms with van der Waals surface area (Å²) in [5, 5.41) is 1.83. The Hall–Kier alpha value is -0.780. The lowest BCUT2D eigenvalue weighted by Gasteiger charge is -2.36. The second-order valence-electron chi connectivity index (χ2n) is 4.76. The number of hydrogen-bond acceptors (Lipinski definition) is 5. The van der Waals surface area contributed by atoms with Crippen molar-refractivity contribution in [2.75, 3.05) is 19.8 Å². The number of thiazole rings is 1. The Kier molecular flexibility index (Phi) is 2.98. The third kappa shape index (κ3) is 2.14. The van der Waals surface area contributed by atoms with Gasteiger partial charge >= 0.3 is 0 Å². The van der Waals surface area contributed by atoms with E-state index in [9.17, 15) is 4.79 Å². The van der Waals surface area contributed by atoms with Gasteiger partial charge in [0.15, 0.2) is 5.78 Å². The van der Waals surface area contributed by atoms with Gasteiger partial charge in [0.2, 0.25) is 0 Å². The van der Waals surface area contributed by atoms with Crippen LogP contribution in [0.15, 0.2) is 10.9 Å². The van der Waals surface area contributed by atoms with Crippen LogP contribution in [0.25, 0.3) is 0 Å². The molecular formula is C12H15NO3S. The molecule has 0 aromatic carbocycles. The summed E-state index contributed by atoms with van der Waals surface area (Å²) < 4.78 is 11.2. The van der Waals surface area contributed by atoms with E-state index in [0.717, 1.165) is 25.9 Å². The number of ketones is 1. The molecule has 4 nitrogen and oxygen atoms in total.